The summed E-state index contributed by atoms with van der Waals surface area (Å²) in [4.78, 5) is 13.2. The Morgan fingerprint density at radius 1 is 1.47 bits per heavy atom. The van der Waals surface area contributed by atoms with Crippen molar-refractivity contribution in [3.8, 4) is 5.75 Å². The SMILES string of the molecule is C=CC(=O)N1CCC(c2cccc(OC)c2F)CC1. The van der Waals surface area contributed by atoms with Crippen LogP contribution in [-0.2, 0) is 4.79 Å². The zero-order chi connectivity index (χ0) is 13.8. The first-order chi connectivity index (χ1) is 9.17. The fraction of sp³-hybridized carbons (Fsp3) is 0.400. The molecule has 1 amide bonds. The van der Waals surface area contributed by atoms with Gasteiger partial charge in [0.15, 0.2) is 11.6 Å². The standard InChI is InChI=1S/C15H18FNO2/c1-3-14(18)17-9-7-11(8-10-17)12-5-4-6-13(19-2)15(12)16/h3-6,11H,1,7-10H2,2H3. The molecule has 0 spiro atoms. The highest BCUT2D eigenvalue weighted by molar-refractivity contribution is 5.87. The number of ether oxygens (including phenoxy) is 1. The van der Waals surface area contributed by atoms with Crippen molar-refractivity contribution < 1.29 is 13.9 Å². The van der Waals surface area contributed by atoms with Crippen LogP contribution in [0.3, 0.4) is 0 Å². The van der Waals surface area contributed by atoms with Crippen LogP contribution < -0.4 is 4.74 Å². The first kappa shape index (κ1) is 13.6. The van der Waals surface area contributed by atoms with Crippen LogP contribution in [-0.4, -0.2) is 31.0 Å². The van der Waals surface area contributed by atoms with E-state index in [-0.39, 0.29) is 23.4 Å². The van der Waals surface area contributed by atoms with E-state index in [0.717, 1.165) is 12.8 Å². The van der Waals surface area contributed by atoms with Gasteiger partial charge in [0.1, 0.15) is 0 Å². The first-order valence-corrected chi connectivity index (χ1v) is 6.41. The van der Waals surface area contributed by atoms with E-state index in [0.29, 0.717) is 18.7 Å². The van der Waals surface area contributed by atoms with E-state index >= 15 is 0 Å². The third-order valence-corrected chi connectivity index (χ3v) is 3.63. The maximum Gasteiger partial charge on any atom is 0.245 e. The van der Waals surface area contributed by atoms with E-state index < -0.39 is 0 Å². The second kappa shape index (κ2) is 5.87. The molecule has 1 aromatic carbocycles. The van der Waals surface area contributed by atoms with Crippen LogP contribution in [0.5, 0.6) is 5.75 Å². The number of hydrogen-bond donors (Lipinski definition) is 0. The minimum absolute atomic E-state index is 0.0513. The molecule has 2 rings (SSSR count). The Balaban J connectivity index is 2.09. The van der Waals surface area contributed by atoms with E-state index in [4.69, 9.17) is 4.74 Å². The molecule has 0 aliphatic carbocycles. The van der Waals surface area contributed by atoms with E-state index in [1.165, 1.54) is 13.2 Å². The molecule has 1 saturated heterocycles. The number of rotatable bonds is 3. The molecule has 0 atom stereocenters. The summed E-state index contributed by atoms with van der Waals surface area (Å²) in [6.45, 7) is 4.77. The molecule has 0 bridgehead atoms. The van der Waals surface area contributed by atoms with Crippen molar-refractivity contribution in [2.24, 2.45) is 0 Å². The van der Waals surface area contributed by atoms with Gasteiger partial charge in [-0.1, -0.05) is 18.7 Å². The summed E-state index contributed by atoms with van der Waals surface area (Å²) in [5.41, 5.74) is 0.685. The van der Waals surface area contributed by atoms with Gasteiger partial charge in [0.2, 0.25) is 5.91 Å². The Morgan fingerprint density at radius 2 is 2.16 bits per heavy atom. The van der Waals surface area contributed by atoms with E-state index in [9.17, 15) is 9.18 Å². The van der Waals surface area contributed by atoms with E-state index in [1.807, 2.05) is 0 Å². The van der Waals surface area contributed by atoms with Gasteiger partial charge >= 0.3 is 0 Å². The van der Waals surface area contributed by atoms with Gasteiger partial charge < -0.3 is 9.64 Å². The molecule has 0 unspecified atom stereocenters. The zero-order valence-corrected chi connectivity index (χ0v) is 11.1. The van der Waals surface area contributed by atoms with Crippen molar-refractivity contribution in [3.63, 3.8) is 0 Å². The Morgan fingerprint density at radius 3 is 2.74 bits per heavy atom. The Kier molecular flexibility index (Phi) is 4.20. The number of likely N-dealkylation sites (tertiary alicyclic amines) is 1. The minimum Gasteiger partial charge on any atom is -0.494 e. The zero-order valence-electron chi connectivity index (χ0n) is 11.1. The summed E-state index contributed by atoms with van der Waals surface area (Å²) in [7, 11) is 1.47. The van der Waals surface area contributed by atoms with E-state index in [1.54, 1.807) is 23.1 Å². The number of methoxy groups -OCH3 is 1. The van der Waals surface area contributed by atoms with Gasteiger partial charge in [-0.2, -0.15) is 0 Å². The Hall–Kier alpha value is -1.84. The number of carbonyl (C=O) groups is 1. The van der Waals surface area contributed by atoms with Gasteiger partial charge in [-0.25, -0.2) is 4.39 Å². The molecule has 3 nitrogen and oxygen atoms in total. The highest BCUT2D eigenvalue weighted by atomic mass is 19.1. The van der Waals surface area contributed by atoms with Crippen molar-refractivity contribution in [1.82, 2.24) is 4.90 Å². The van der Waals surface area contributed by atoms with Crippen molar-refractivity contribution in [2.45, 2.75) is 18.8 Å². The summed E-state index contributed by atoms with van der Waals surface area (Å²) in [6, 6.07) is 5.22. The van der Waals surface area contributed by atoms with Crippen LogP contribution in [0.1, 0.15) is 24.3 Å². The monoisotopic (exact) mass is 263 g/mol. The highest BCUT2D eigenvalue weighted by Gasteiger charge is 2.25. The van der Waals surface area contributed by atoms with Gasteiger partial charge in [-0.3, -0.25) is 4.79 Å². The van der Waals surface area contributed by atoms with Crippen molar-refractivity contribution in [2.75, 3.05) is 20.2 Å². The highest BCUT2D eigenvalue weighted by Crippen LogP contribution is 2.33. The average Bonchev–Trinajstić information content (AvgIpc) is 2.47. The Labute approximate surface area is 112 Å². The molecule has 1 fully saturated rings. The largest absolute Gasteiger partial charge is 0.494 e. The predicted octanol–water partition coefficient (Wildman–Crippen LogP) is 2.73. The number of halogens is 1. The number of amides is 1. The lowest BCUT2D eigenvalue weighted by Gasteiger charge is -2.31. The molecule has 0 N–H and O–H groups in total. The Bertz CT molecular complexity index is 479. The maximum atomic E-state index is 14.2. The fourth-order valence-corrected chi connectivity index (χ4v) is 2.54. The minimum atomic E-state index is -0.279. The molecule has 1 heterocycles. The number of carbonyl (C=O) groups excluding carboxylic acids is 1. The molecule has 102 valence electrons. The van der Waals surface area contributed by atoms with Crippen LogP contribution in [0, 0.1) is 5.82 Å². The molecule has 1 aromatic rings. The van der Waals surface area contributed by atoms with Crippen LogP contribution >= 0.6 is 0 Å². The molecule has 0 saturated carbocycles. The van der Waals surface area contributed by atoms with Crippen molar-refractivity contribution >= 4 is 5.91 Å². The van der Waals surface area contributed by atoms with Crippen LogP contribution in [0.4, 0.5) is 4.39 Å². The third-order valence-electron chi connectivity index (χ3n) is 3.63. The number of hydrogen-bond acceptors (Lipinski definition) is 2. The quantitative estimate of drug-likeness (QED) is 0.785. The topological polar surface area (TPSA) is 29.5 Å². The third kappa shape index (κ3) is 2.78. The lowest BCUT2D eigenvalue weighted by atomic mass is 9.89. The summed E-state index contributed by atoms with van der Waals surface area (Å²) in [5, 5.41) is 0. The van der Waals surface area contributed by atoms with Gasteiger partial charge in [0.25, 0.3) is 0 Å². The van der Waals surface area contributed by atoms with Gasteiger partial charge in [-0.15, -0.1) is 0 Å². The van der Waals surface area contributed by atoms with Gasteiger partial charge in [-0.05, 0) is 36.5 Å². The molecule has 0 aromatic heterocycles. The summed E-state index contributed by atoms with van der Waals surface area (Å²) >= 11 is 0. The fourth-order valence-electron chi connectivity index (χ4n) is 2.54. The summed E-state index contributed by atoms with van der Waals surface area (Å²) in [6.07, 6.45) is 2.86. The molecule has 1 aliphatic rings. The van der Waals surface area contributed by atoms with Crippen molar-refractivity contribution in [3.05, 3.63) is 42.2 Å². The first-order valence-electron chi connectivity index (χ1n) is 6.41. The molecular formula is C15H18FNO2. The molecule has 4 heteroatoms. The number of nitrogens with zero attached hydrogens (tertiary/aromatic N) is 1. The predicted molar refractivity (Wildman–Crippen MR) is 71.7 cm³/mol. The molecule has 0 radical (unpaired) electrons. The average molecular weight is 263 g/mol. The lowest BCUT2D eigenvalue weighted by Crippen LogP contribution is -2.36. The van der Waals surface area contributed by atoms with Crippen LogP contribution in [0.25, 0.3) is 0 Å². The maximum absolute atomic E-state index is 14.2. The molecular weight excluding hydrogens is 245 g/mol. The second-order valence-electron chi connectivity index (χ2n) is 4.67. The second-order valence-corrected chi connectivity index (χ2v) is 4.67. The lowest BCUT2D eigenvalue weighted by molar-refractivity contribution is -0.127. The van der Waals surface area contributed by atoms with Crippen LogP contribution in [0.15, 0.2) is 30.9 Å². The van der Waals surface area contributed by atoms with Gasteiger partial charge in [0.05, 0.1) is 7.11 Å². The normalized spacial score (nSPS) is 16.2. The molecule has 19 heavy (non-hydrogen) atoms. The van der Waals surface area contributed by atoms with Gasteiger partial charge in [0, 0.05) is 13.1 Å². The molecule has 1 aliphatic heterocycles. The van der Waals surface area contributed by atoms with E-state index in [2.05, 4.69) is 6.58 Å². The smallest absolute Gasteiger partial charge is 0.245 e. The summed E-state index contributed by atoms with van der Waals surface area (Å²) in [5.74, 6) is 0.0918. The number of piperidine rings is 1. The van der Waals surface area contributed by atoms with Crippen molar-refractivity contribution in [1.29, 1.82) is 0 Å². The summed E-state index contributed by atoms with van der Waals surface area (Å²) < 4.78 is 19.2. The van der Waals surface area contributed by atoms with Crippen LogP contribution in [0.2, 0.25) is 0 Å². The number of benzene rings is 1.